The lowest BCUT2D eigenvalue weighted by molar-refractivity contribution is -0.151. The molecule has 30 heavy (non-hydrogen) atoms. The molecule has 0 radical (unpaired) electrons. The minimum Gasteiger partial charge on any atom is -0.490 e. The molecule has 0 aliphatic carbocycles. The summed E-state index contributed by atoms with van der Waals surface area (Å²) in [6.07, 6.45) is 3.35. The Hall–Kier alpha value is -3.49. The van der Waals surface area contributed by atoms with E-state index in [1.54, 1.807) is 30.3 Å². The maximum atomic E-state index is 12.5. The largest absolute Gasteiger partial charge is 0.490 e. The normalized spacial score (nSPS) is 17.9. The minimum atomic E-state index is -0.728. The zero-order chi connectivity index (χ0) is 20.9. The molecule has 2 aliphatic heterocycles. The van der Waals surface area contributed by atoms with Crippen LogP contribution < -0.4 is 14.8 Å². The van der Waals surface area contributed by atoms with Gasteiger partial charge < -0.3 is 28.8 Å². The third-order valence-electron chi connectivity index (χ3n) is 4.89. The van der Waals surface area contributed by atoms with Crippen LogP contribution in [0.3, 0.4) is 0 Å². The fourth-order valence-corrected chi connectivity index (χ4v) is 3.47. The van der Waals surface area contributed by atoms with Gasteiger partial charge in [-0.2, -0.15) is 0 Å². The second kappa shape index (κ2) is 8.89. The van der Waals surface area contributed by atoms with E-state index in [9.17, 15) is 14.4 Å². The number of furan rings is 1. The van der Waals surface area contributed by atoms with Gasteiger partial charge in [-0.05, 0) is 37.1 Å². The standard InChI is InChI=1S/C21H22N2O7/c24-19(22-14-6-7-16-18(12-14)29-11-3-10-27-16)13-30-21(26)15-4-1-8-23(15)20(25)17-5-2-9-28-17/h2,5-7,9,12,15H,1,3-4,8,10-11,13H2,(H,22,24). The van der Waals surface area contributed by atoms with E-state index in [4.69, 9.17) is 18.6 Å². The summed E-state index contributed by atoms with van der Waals surface area (Å²) >= 11 is 0. The van der Waals surface area contributed by atoms with E-state index in [0.29, 0.717) is 49.8 Å². The van der Waals surface area contributed by atoms with Gasteiger partial charge in [0.05, 0.1) is 19.5 Å². The van der Waals surface area contributed by atoms with Crippen LogP contribution in [-0.2, 0) is 14.3 Å². The topological polar surface area (TPSA) is 107 Å². The third-order valence-corrected chi connectivity index (χ3v) is 4.89. The molecule has 9 heteroatoms. The lowest BCUT2D eigenvalue weighted by Crippen LogP contribution is -2.42. The molecule has 1 atom stereocenters. The smallest absolute Gasteiger partial charge is 0.329 e. The number of benzene rings is 1. The molecule has 1 fully saturated rings. The Balaban J connectivity index is 1.31. The predicted octanol–water partition coefficient (Wildman–Crippen LogP) is 2.23. The number of esters is 1. The Morgan fingerprint density at radius 3 is 2.73 bits per heavy atom. The average Bonchev–Trinajstić information content (AvgIpc) is 3.40. The van der Waals surface area contributed by atoms with Crippen LogP contribution in [0.1, 0.15) is 29.8 Å². The van der Waals surface area contributed by atoms with Crippen molar-refractivity contribution in [3.63, 3.8) is 0 Å². The fourth-order valence-electron chi connectivity index (χ4n) is 3.47. The van der Waals surface area contributed by atoms with Crippen LogP contribution in [0, 0.1) is 0 Å². The number of amides is 2. The Morgan fingerprint density at radius 2 is 1.93 bits per heavy atom. The highest BCUT2D eigenvalue weighted by atomic mass is 16.5. The Kier molecular flexibility index (Phi) is 5.87. The van der Waals surface area contributed by atoms with Crippen molar-refractivity contribution < 1.29 is 33.0 Å². The first-order chi connectivity index (χ1) is 14.6. The highest BCUT2D eigenvalue weighted by molar-refractivity contribution is 5.96. The molecule has 0 bridgehead atoms. The third kappa shape index (κ3) is 4.40. The molecule has 158 valence electrons. The van der Waals surface area contributed by atoms with Crippen LogP contribution in [0.4, 0.5) is 5.69 Å². The highest BCUT2D eigenvalue weighted by Gasteiger charge is 2.36. The van der Waals surface area contributed by atoms with Gasteiger partial charge in [0.15, 0.2) is 23.9 Å². The number of anilines is 1. The summed E-state index contributed by atoms with van der Waals surface area (Å²) in [5, 5.41) is 2.67. The summed E-state index contributed by atoms with van der Waals surface area (Å²) in [5.41, 5.74) is 0.510. The number of ether oxygens (including phenoxy) is 3. The number of hydrogen-bond donors (Lipinski definition) is 1. The second-order valence-corrected chi connectivity index (χ2v) is 7.00. The van der Waals surface area contributed by atoms with Crippen LogP contribution in [0.2, 0.25) is 0 Å². The first kappa shape index (κ1) is 19.8. The molecule has 3 heterocycles. The number of likely N-dealkylation sites (tertiary alicyclic amines) is 1. The number of nitrogens with zero attached hydrogens (tertiary/aromatic N) is 1. The molecule has 9 nitrogen and oxygen atoms in total. The Bertz CT molecular complexity index is 925. The van der Waals surface area contributed by atoms with Crippen molar-refractivity contribution >= 4 is 23.5 Å². The summed E-state index contributed by atoms with van der Waals surface area (Å²) in [6.45, 7) is 1.10. The molecule has 2 aromatic rings. The Labute approximate surface area is 172 Å². The van der Waals surface area contributed by atoms with Gasteiger partial charge in [-0.3, -0.25) is 9.59 Å². The van der Waals surface area contributed by atoms with Crippen molar-refractivity contribution in [1.82, 2.24) is 4.90 Å². The van der Waals surface area contributed by atoms with E-state index in [1.807, 2.05) is 0 Å². The summed E-state index contributed by atoms with van der Waals surface area (Å²) in [5.74, 6) is -0.112. The number of rotatable bonds is 5. The van der Waals surface area contributed by atoms with Gasteiger partial charge in [0.1, 0.15) is 6.04 Å². The number of carbonyl (C=O) groups is 3. The lowest BCUT2D eigenvalue weighted by Gasteiger charge is -2.22. The maximum absolute atomic E-state index is 12.5. The van der Waals surface area contributed by atoms with E-state index >= 15 is 0 Å². The van der Waals surface area contributed by atoms with E-state index in [2.05, 4.69) is 5.32 Å². The van der Waals surface area contributed by atoms with Gasteiger partial charge in [-0.1, -0.05) is 0 Å². The van der Waals surface area contributed by atoms with Gasteiger partial charge in [0, 0.05) is 24.7 Å². The zero-order valence-corrected chi connectivity index (χ0v) is 16.3. The second-order valence-electron chi connectivity index (χ2n) is 7.00. The predicted molar refractivity (Wildman–Crippen MR) is 104 cm³/mol. The number of fused-ring (bicyclic) bond motifs is 1. The van der Waals surface area contributed by atoms with Crippen LogP contribution in [-0.4, -0.2) is 55.1 Å². The van der Waals surface area contributed by atoms with Crippen LogP contribution in [0.5, 0.6) is 11.5 Å². The van der Waals surface area contributed by atoms with E-state index < -0.39 is 24.5 Å². The van der Waals surface area contributed by atoms with Gasteiger partial charge >= 0.3 is 5.97 Å². The molecule has 0 saturated carbocycles. The average molecular weight is 414 g/mol. The van der Waals surface area contributed by atoms with Crippen molar-refractivity contribution in [2.24, 2.45) is 0 Å². The molecule has 2 aliphatic rings. The van der Waals surface area contributed by atoms with E-state index in [0.717, 1.165) is 6.42 Å². The van der Waals surface area contributed by atoms with Gasteiger partial charge in [-0.15, -0.1) is 0 Å². The molecule has 1 aromatic carbocycles. The maximum Gasteiger partial charge on any atom is 0.329 e. The van der Waals surface area contributed by atoms with Crippen LogP contribution >= 0.6 is 0 Å². The first-order valence-corrected chi connectivity index (χ1v) is 9.82. The van der Waals surface area contributed by atoms with Crippen molar-refractivity contribution in [3.8, 4) is 11.5 Å². The number of hydrogen-bond acceptors (Lipinski definition) is 7. The molecule has 4 rings (SSSR count). The summed E-state index contributed by atoms with van der Waals surface area (Å²) in [6, 6.07) is 7.51. The fraction of sp³-hybridized carbons (Fsp3) is 0.381. The van der Waals surface area contributed by atoms with Crippen molar-refractivity contribution in [3.05, 3.63) is 42.4 Å². The molecule has 1 N–H and O–H groups in total. The monoisotopic (exact) mass is 414 g/mol. The summed E-state index contributed by atoms with van der Waals surface area (Å²) < 4.78 is 21.4. The number of carbonyl (C=O) groups excluding carboxylic acids is 3. The van der Waals surface area contributed by atoms with Crippen molar-refractivity contribution in [2.75, 3.05) is 31.7 Å². The molecular formula is C21H22N2O7. The lowest BCUT2D eigenvalue weighted by atomic mass is 10.2. The molecular weight excluding hydrogens is 392 g/mol. The van der Waals surface area contributed by atoms with Crippen LogP contribution in [0.25, 0.3) is 0 Å². The van der Waals surface area contributed by atoms with Crippen LogP contribution in [0.15, 0.2) is 41.0 Å². The first-order valence-electron chi connectivity index (χ1n) is 9.82. The van der Waals surface area contributed by atoms with E-state index in [-0.39, 0.29) is 11.7 Å². The molecule has 2 amide bonds. The SMILES string of the molecule is O=C(COC(=O)C1CCCN1C(=O)c1ccco1)Nc1ccc2c(c1)OCCCO2. The molecule has 1 aromatic heterocycles. The minimum absolute atomic E-state index is 0.168. The summed E-state index contributed by atoms with van der Waals surface area (Å²) in [7, 11) is 0. The van der Waals surface area contributed by atoms with Gasteiger partial charge in [0.2, 0.25) is 0 Å². The highest BCUT2D eigenvalue weighted by Crippen LogP contribution is 2.32. The van der Waals surface area contributed by atoms with E-state index in [1.165, 1.54) is 11.2 Å². The molecule has 1 unspecified atom stereocenters. The van der Waals surface area contributed by atoms with Crippen molar-refractivity contribution in [2.45, 2.75) is 25.3 Å². The number of nitrogens with one attached hydrogen (secondary N) is 1. The Morgan fingerprint density at radius 1 is 1.10 bits per heavy atom. The summed E-state index contributed by atoms with van der Waals surface area (Å²) in [4.78, 5) is 38.6. The quantitative estimate of drug-likeness (QED) is 0.748. The zero-order valence-electron chi connectivity index (χ0n) is 16.3. The molecule has 0 spiro atoms. The van der Waals surface area contributed by atoms with Gasteiger partial charge in [-0.25, -0.2) is 4.79 Å². The molecule has 1 saturated heterocycles. The van der Waals surface area contributed by atoms with Gasteiger partial charge in [0.25, 0.3) is 11.8 Å². The van der Waals surface area contributed by atoms with Crippen molar-refractivity contribution in [1.29, 1.82) is 0 Å².